The van der Waals surface area contributed by atoms with Gasteiger partial charge in [-0.25, -0.2) is 0 Å². The fourth-order valence-electron chi connectivity index (χ4n) is 1.30. The Bertz CT molecular complexity index is 321. The fraction of sp³-hybridized carbons (Fsp3) is 0.545. The molecule has 0 aliphatic carbocycles. The van der Waals surface area contributed by atoms with Gasteiger partial charge in [-0.2, -0.15) is 0 Å². The van der Waals surface area contributed by atoms with Crippen molar-refractivity contribution in [1.29, 1.82) is 0 Å². The van der Waals surface area contributed by atoms with E-state index >= 15 is 0 Å². The molecule has 0 aromatic carbocycles. The third-order valence-electron chi connectivity index (χ3n) is 1.71. The molecule has 0 atom stereocenters. The predicted octanol–water partition coefficient (Wildman–Crippen LogP) is 3.54. The maximum absolute atomic E-state index is 6.04. The van der Waals surface area contributed by atoms with Crippen molar-refractivity contribution in [2.45, 2.75) is 39.3 Å². The highest BCUT2D eigenvalue weighted by molar-refractivity contribution is 6.79. The molecule has 1 rings (SSSR count). The molecule has 0 saturated carbocycles. The van der Waals surface area contributed by atoms with Crippen molar-refractivity contribution in [2.75, 3.05) is 4.98 Å². The highest BCUT2D eigenvalue weighted by atomic mass is 28.4. The molecule has 1 N–H and O–H groups in total. The van der Waals surface area contributed by atoms with Crippen molar-refractivity contribution in [3.8, 4) is 5.75 Å². The molecule has 0 saturated heterocycles. The number of hydrogen-bond donors (Lipinski definition) is 1. The minimum absolute atomic E-state index is 0.941. The summed E-state index contributed by atoms with van der Waals surface area (Å²) in [6.45, 7) is 13.3. The number of hydrogen-bond acceptors (Lipinski definition) is 3. The van der Waals surface area contributed by atoms with Crippen LogP contribution in [0.4, 0.5) is 5.69 Å². The van der Waals surface area contributed by atoms with E-state index in [1.807, 2.05) is 12.3 Å². The molecule has 0 unspecified atom stereocenters. The van der Waals surface area contributed by atoms with Crippen LogP contribution in [0.15, 0.2) is 18.5 Å². The van der Waals surface area contributed by atoms with Gasteiger partial charge in [0.05, 0.1) is 11.9 Å². The number of pyridine rings is 1. The van der Waals surface area contributed by atoms with Crippen molar-refractivity contribution in [2.24, 2.45) is 0 Å². The standard InChI is InChI=1S/C11H22N2OSi2/c1-15(2,3)13-10-9-12-8-7-11(10)14-16(4,5)6/h7-9,13H,1-6H3. The molecule has 1 heterocycles. The van der Waals surface area contributed by atoms with Gasteiger partial charge in [-0.3, -0.25) is 4.98 Å². The maximum Gasteiger partial charge on any atom is 0.242 e. The SMILES string of the molecule is C[Si](C)(C)Nc1cnccc1O[Si](C)(C)C. The van der Waals surface area contributed by atoms with Gasteiger partial charge < -0.3 is 9.41 Å². The molecule has 1 aromatic heterocycles. The second-order valence-corrected chi connectivity index (χ2v) is 15.1. The lowest BCUT2D eigenvalue weighted by molar-refractivity contribution is 0.559. The van der Waals surface area contributed by atoms with Gasteiger partial charge in [0.2, 0.25) is 8.32 Å². The Morgan fingerprint density at radius 3 is 2.25 bits per heavy atom. The van der Waals surface area contributed by atoms with Gasteiger partial charge in [0, 0.05) is 6.20 Å². The molecule has 0 radical (unpaired) electrons. The minimum atomic E-state index is -1.56. The molecule has 5 heteroatoms. The molecule has 1 aromatic rings. The zero-order chi connectivity index (χ0) is 12.4. The second-order valence-electron chi connectivity index (χ2n) is 5.96. The summed E-state index contributed by atoms with van der Waals surface area (Å²) in [5.74, 6) is 0.941. The third-order valence-corrected chi connectivity index (χ3v) is 3.56. The van der Waals surface area contributed by atoms with Gasteiger partial charge in [0.15, 0.2) is 0 Å². The lowest BCUT2D eigenvalue weighted by atomic mass is 10.4. The minimum Gasteiger partial charge on any atom is -0.543 e. The van der Waals surface area contributed by atoms with E-state index in [1.165, 1.54) is 0 Å². The summed E-state index contributed by atoms with van der Waals surface area (Å²) >= 11 is 0. The van der Waals surface area contributed by atoms with Crippen LogP contribution in [0.25, 0.3) is 0 Å². The van der Waals surface area contributed by atoms with E-state index in [2.05, 4.69) is 49.2 Å². The second kappa shape index (κ2) is 4.59. The lowest BCUT2D eigenvalue weighted by Gasteiger charge is -2.25. The van der Waals surface area contributed by atoms with Gasteiger partial charge in [-0.05, 0) is 25.7 Å². The molecule has 3 nitrogen and oxygen atoms in total. The van der Waals surface area contributed by atoms with Crippen LogP contribution in [0.1, 0.15) is 0 Å². The average molecular weight is 254 g/mol. The van der Waals surface area contributed by atoms with Crippen molar-refractivity contribution in [3.05, 3.63) is 18.5 Å². The quantitative estimate of drug-likeness (QED) is 0.835. The summed E-state index contributed by atoms with van der Waals surface area (Å²) in [6.07, 6.45) is 3.64. The molecule has 0 aliphatic rings. The highest BCUT2D eigenvalue weighted by Crippen LogP contribution is 2.27. The van der Waals surface area contributed by atoms with Crippen LogP contribution in [-0.2, 0) is 0 Å². The summed E-state index contributed by atoms with van der Waals surface area (Å²) < 4.78 is 6.04. The summed E-state index contributed by atoms with van der Waals surface area (Å²) in [5.41, 5.74) is 1.03. The number of aromatic nitrogens is 1. The van der Waals surface area contributed by atoms with Gasteiger partial charge in [0.1, 0.15) is 14.0 Å². The van der Waals surface area contributed by atoms with Crippen LogP contribution in [0.3, 0.4) is 0 Å². The number of anilines is 1. The van der Waals surface area contributed by atoms with E-state index in [0.29, 0.717) is 0 Å². The predicted molar refractivity (Wildman–Crippen MR) is 75.2 cm³/mol. The van der Waals surface area contributed by atoms with Crippen molar-refractivity contribution in [3.63, 3.8) is 0 Å². The smallest absolute Gasteiger partial charge is 0.242 e. The Morgan fingerprint density at radius 2 is 1.75 bits per heavy atom. The molecule has 0 amide bonds. The Morgan fingerprint density at radius 1 is 1.12 bits per heavy atom. The van der Waals surface area contributed by atoms with Crippen LogP contribution in [-0.4, -0.2) is 21.5 Å². The zero-order valence-electron chi connectivity index (χ0n) is 11.1. The Labute approximate surface area is 100 Å². The first-order valence-electron chi connectivity index (χ1n) is 5.59. The number of nitrogens with zero attached hydrogens (tertiary/aromatic N) is 1. The van der Waals surface area contributed by atoms with Crippen LogP contribution in [0.5, 0.6) is 5.75 Å². The van der Waals surface area contributed by atoms with Gasteiger partial charge in [0.25, 0.3) is 0 Å². The molecule has 16 heavy (non-hydrogen) atoms. The van der Waals surface area contributed by atoms with Crippen LogP contribution >= 0.6 is 0 Å². The van der Waals surface area contributed by atoms with E-state index in [4.69, 9.17) is 4.43 Å². The van der Waals surface area contributed by atoms with Crippen LogP contribution in [0, 0.1) is 0 Å². The summed E-state index contributed by atoms with van der Waals surface area (Å²) in [6, 6.07) is 1.95. The lowest BCUT2D eigenvalue weighted by Crippen LogP contribution is -2.34. The molecular formula is C11H22N2OSi2. The summed E-state index contributed by atoms with van der Waals surface area (Å²) in [4.78, 5) is 7.70. The van der Waals surface area contributed by atoms with E-state index in [9.17, 15) is 0 Å². The van der Waals surface area contributed by atoms with E-state index < -0.39 is 16.6 Å². The third kappa shape index (κ3) is 4.80. The first kappa shape index (κ1) is 13.2. The molecule has 0 aliphatic heterocycles. The zero-order valence-corrected chi connectivity index (χ0v) is 13.1. The largest absolute Gasteiger partial charge is 0.543 e. The average Bonchev–Trinajstić information content (AvgIpc) is 2.03. The van der Waals surface area contributed by atoms with Crippen molar-refractivity contribution in [1.82, 2.24) is 4.98 Å². The maximum atomic E-state index is 6.04. The molecular weight excluding hydrogens is 232 g/mol. The summed E-state index contributed by atoms with van der Waals surface area (Å²) in [7, 11) is -2.92. The van der Waals surface area contributed by atoms with Gasteiger partial charge >= 0.3 is 0 Å². The van der Waals surface area contributed by atoms with E-state index in [1.54, 1.807) is 6.20 Å². The van der Waals surface area contributed by atoms with Crippen molar-refractivity contribution < 1.29 is 4.43 Å². The first-order valence-corrected chi connectivity index (χ1v) is 12.5. The molecule has 0 fully saturated rings. The molecule has 0 spiro atoms. The molecule has 0 bridgehead atoms. The van der Waals surface area contributed by atoms with Crippen molar-refractivity contribution >= 4 is 22.2 Å². The van der Waals surface area contributed by atoms with Gasteiger partial charge in [-0.1, -0.05) is 19.6 Å². The number of nitrogens with one attached hydrogen (secondary N) is 1. The Balaban J connectivity index is 2.92. The molecule has 90 valence electrons. The highest BCUT2D eigenvalue weighted by Gasteiger charge is 2.20. The number of rotatable bonds is 4. The van der Waals surface area contributed by atoms with Crippen LogP contribution < -0.4 is 9.41 Å². The van der Waals surface area contributed by atoms with E-state index in [-0.39, 0.29) is 0 Å². The summed E-state index contributed by atoms with van der Waals surface area (Å²) in [5, 5.41) is 0. The van der Waals surface area contributed by atoms with Crippen LogP contribution in [0.2, 0.25) is 39.3 Å². The Hall–Kier alpha value is -0.816. The first-order chi connectivity index (χ1) is 7.17. The van der Waals surface area contributed by atoms with Gasteiger partial charge in [-0.15, -0.1) is 0 Å². The van der Waals surface area contributed by atoms with E-state index in [0.717, 1.165) is 11.4 Å². The topological polar surface area (TPSA) is 34.2 Å². The monoisotopic (exact) mass is 254 g/mol. The Kier molecular flexibility index (Phi) is 3.80. The fourth-order valence-corrected chi connectivity index (χ4v) is 3.13. The normalized spacial score (nSPS) is 12.4.